The summed E-state index contributed by atoms with van der Waals surface area (Å²) >= 11 is 1.43. The number of carbonyl (C=O) groups is 1. The van der Waals surface area contributed by atoms with Crippen molar-refractivity contribution in [2.24, 2.45) is 5.92 Å². The van der Waals surface area contributed by atoms with Crippen molar-refractivity contribution >= 4 is 23.4 Å². The molecule has 1 N–H and O–H groups in total. The molecule has 2 aromatic rings. The number of carboxylic acids is 1. The van der Waals surface area contributed by atoms with E-state index < -0.39 is 5.97 Å². The Bertz CT molecular complexity index is 518. The second kappa shape index (κ2) is 5.44. The van der Waals surface area contributed by atoms with E-state index in [0.29, 0.717) is 5.75 Å². The topological polar surface area (TPSA) is 54.6 Å². The van der Waals surface area contributed by atoms with Gasteiger partial charge in [0.1, 0.15) is 10.9 Å². The van der Waals surface area contributed by atoms with Gasteiger partial charge in [0, 0.05) is 18.1 Å². The van der Waals surface area contributed by atoms with Gasteiger partial charge in [-0.15, -0.1) is 11.8 Å². The number of aliphatic carboxylic acids is 1. The Morgan fingerprint density at radius 3 is 2.89 bits per heavy atom. The van der Waals surface area contributed by atoms with Crippen molar-refractivity contribution in [3.8, 4) is 0 Å². The zero-order valence-electron chi connectivity index (χ0n) is 10.4. The molecule has 0 fully saturated rings. The Morgan fingerprint density at radius 2 is 2.28 bits per heavy atom. The quantitative estimate of drug-likeness (QED) is 0.902. The maximum Gasteiger partial charge on any atom is 0.316 e. The van der Waals surface area contributed by atoms with Crippen LogP contribution in [-0.2, 0) is 10.5 Å². The summed E-state index contributed by atoms with van der Waals surface area (Å²) in [7, 11) is 0. The number of imidazole rings is 1. The van der Waals surface area contributed by atoms with Crippen molar-refractivity contribution in [2.45, 2.75) is 24.9 Å². The fourth-order valence-electron chi connectivity index (χ4n) is 1.78. The van der Waals surface area contributed by atoms with Crippen LogP contribution in [0.3, 0.4) is 0 Å². The van der Waals surface area contributed by atoms with Gasteiger partial charge in [-0.25, -0.2) is 4.98 Å². The third-order valence-electron chi connectivity index (χ3n) is 2.67. The van der Waals surface area contributed by atoms with Crippen LogP contribution in [0, 0.1) is 5.92 Å². The monoisotopic (exact) mass is 264 g/mol. The minimum Gasteiger partial charge on any atom is -0.480 e. The van der Waals surface area contributed by atoms with Gasteiger partial charge >= 0.3 is 5.97 Å². The Labute approximate surface area is 110 Å². The molecule has 1 unspecified atom stereocenters. The molecule has 0 aromatic carbocycles. The molecule has 2 heterocycles. The average molecular weight is 264 g/mol. The Kier molecular flexibility index (Phi) is 3.91. The number of aromatic nitrogens is 2. The highest BCUT2D eigenvalue weighted by molar-refractivity contribution is 7.99. The zero-order valence-corrected chi connectivity index (χ0v) is 11.2. The molecule has 2 aromatic heterocycles. The summed E-state index contributed by atoms with van der Waals surface area (Å²) in [5, 5.41) is 8.74. The molecule has 1 atom stereocenters. The molecule has 4 nitrogen and oxygen atoms in total. The van der Waals surface area contributed by atoms with Crippen molar-refractivity contribution < 1.29 is 9.90 Å². The molecule has 0 bridgehead atoms. The summed E-state index contributed by atoms with van der Waals surface area (Å²) in [6.07, 6.45) is 3.88. The Balaban J connectivity index is 2.07. The fraction of sp³-hybridized carbons (Fsp3) is 0.385. The van der Waals surface area contributed by atoms with E-state index in [2.05, 4.69) is 4.98 Å². The van der Waals surface area contributed by atoms with Crippen LogP contribution in [0.2, 0.25) is 0 Å². The minimum absolute atomic E-state index is 0.115. The molecular weight excluding hydrogens is 248 g/mol. The summed E-state index contributed by atoms with van der Waals surface area (Å²) in [5.74, 6) is -0.0140. The number of thioether (sulfide) groups is 1. The van der Waals surface area contributed by atoms with Crippen LogP contribution >= 0.6 is 11.8 Å². The molecule has 2 rings (SSSR count). The lowest BCUT2D eigenvalue weighted by Crippen LogP contribution is -2.22. The van der Waals surface area contributed by atoms with Gasteiger partial charge in [0.15, 0.2) is 0 Å². The van der Waals surface area contributed by atoms with Crippen LogP contribution in [0.25, 0.3) is 5.65 Å². The molecule has 18 heavy (non-hydrogen) atoms. The molecule has 0 radical (unpaired) electrons. The number of rotatable bonds is 5. The van der Waals surface area contributed by atoms with Crippen LogP contribution in [0.4, 0.5) is 0 Å². The largest absolute Gasteiger partial charge is 0.480 e. The molecule has 96 valence electrons. The van der Waals surface area contributed by atoms with E-state index >= 15 is 0 Å². The summed E-state index contributed by atoms with van der Waals surface area (Å²) < 4.78 is 1.95. The second-order valence-electron chi connectivity index (χ2n) is 4.51. The van der Waals surface area contributed by atoms with Crippen LogP contribution in [0.15, 0.2) is 30.6 Å². The van der Waals surface area contributed by atoms with Crippen molar-refractivity contribution in [1.82, 2.24) is 9.38 Å². The lowest BCUT2D eigenvalue weighted by atomic mass is 10.1. The van der Waals surface area contributed by atoms with Crippen LogP contribution in [0.5, 0.6) is 0 Å². The van der Waals surface area contributed by atoms with Gasteiger partial charge in [0.2, 0.25) is 0 Å². The lowest BCUT2D eigenvalue weighted by molar-refractivity contribution is -0.137. The molecule has 0 aliphatic carbocycles. The molecule has 0 amide bonds. The predicted octanol–water partition coefficient (Wildman–Crippen LogP) is 2.68. The number of hydrogen-bond acceptors (Lipinski definition) is 3. The summed E-state index contributed by atoms with van der Waals surface area (Å²) in [6, 6.07) is 5.82. The van der Waals surface area contributed by atoms with Gasteiger partial charge in [0.25, 0.3) is 0 Å². The predicted molar refractivity (Wildman–Crippen MR) is 72.7 cm³/mol. The Hall–Kier alpha value is -1.49. The highest BCUT2D eigenvalue weighted by atomic mass is 32.2. The first-order valence-electron chi connectivity index (χ1n) is 5.85. The first kappa shape index (κ1) is 13.0. The average Bonchev–Trinajstić information content (AvgIpc) is 2.70. The van der Waals surface area contributed by atoms with E-state index in [9.17, 15) is 4.79 Å². The second-order valence-corrected chi connectivity index (χ2v) is 5.64. The van der Waals surface area contributed by atoms with Gasteiger partial charge < -0.3 is 9.51 Å². The molecule has 0 spiro atoms. The van der Waals surface area contributed by atoms with E-state index in [1.807, 2.05) is 48.8 Å². The lowest BCUT2D eigenvalue weighted by Gasteiger charge is -2.14. The third kappa shape index (κ3) is 2.85. The number of pyridine rings is 1. The number of fused-ring (bicyclic) bond motifs is 1. The summed E-state index contributed by atoms with van der Waals surface area (Å²) in [6.45, 7) is 3.85. The van der Waals surface area contributed by atoms with Crippen LogP contribution in [0.1, 0.15) is 19.5 Å². The fourth-order valence-corrected chi connectivity index (χ4v) is 2.80. The first-order chi connectivity index (χ1) is 8.58. The van der Waals surface area contributed by atoms with Crippen LogP contribution in [-0.4, -0.2) is 25.7 Å². The van der Waals surface area contributed by atoms with Gasteiger partial charge in [-0.1, -0.05) is 19.9 Å². The standard InChI is InChI=1S/C13H16N2O2S/c1-9(2)12(13(16)17)18-8-10-7-15-6-4-3-5-11(15)14-10/h3-7,9,12H,8H2,1-2H3,(H,16,17). The maximum atomic E-state index is 11.1. The highest BCUT2D eigenvalue weighted by Crippen LogP contribution is 2.23. The van der Waals surface area contributed by atoms with Gasteiger partial charge in [-0.3, -0.25) is 4.79 Å². The molecule has 0 saturated carbocycles. The molecule has 5 heteroatoms. The number of hydrogen-bond donors (Lipinski definition) is 1. The van der Waals surface area contributed by atoms with Gasteiger partial charge in [-0.2, -0.15) is 0 Å². The number of carboxylic acid groups (broad SMARTS) is 1. The minimum atomic E-state index is -0.751. The van der Waals surface area contributed by atoms with Gasteiger partial charge in [-0.05, 0) is 18.1 Å². The first-order valence-corrected chi connectivity index (χ1v) is 6.90. The van der Waals surface area contributed by atoms with Crippen molar-refractivity contribution in [2.75, 3.05) is 0 Å². The van der Waals surface area contributed by atoms with Crippen LogP contribution < -0.4 is 0 Å². The van der Waals surface area contributed by atoms with Crippen molar-refractivity contribution in [3.05, 3.63) is 36.3 Å². The summed E-state index contributed by atoms with van der Waals surface area (Å²) in [5.41, 5.74) is 1.81. The smallest absolute Gasteiger partial charge is 0.316 e. The maximum absolute atomic E-state index is 11.1. The zero-order chi connectivity index (χ0) is 13.1. The normalized spacial score (nSPS) is 13.1. The van der Waals surface area contributed by atoms with E-state index in [4.69, 9.17) is 5.11 Å². The van der Waals surface area contributed by atoms with Crippen molar-refractivity contribution in [1.29, 1.82) is 0 Å². The van der Waals surface area contributed by atoms with Gasteiger partial charge in [0.05, 0.1) is 5.69 Å². The van der Waals surface area contributed by atoms with E-state index in [1.54, 1.807) is 0 Å². The molecular formula is C13H16N2O2S. The van der Waals surface area contributed by atoms with E-state index in [0.717, 1.165) is 11.3 Å². The third-order valence-corrected chi connectivity index (χ3v) is 4.24. The molecule has 0 aliphatic heterocycles. The number of nitrogens with zero attached hydrogens (tertiary/aromatic N) is 2. The summed E-state index contributed by atoms with van der Waals surface area (Å²) in [4.78, 5) is 15.5. The Morgan fingerprint density at radius 1 is 1.50 bits per heavy atom. The highest BCUT2D eigenvalue weighted by Gasteiger charge is 2.22. The molecule has 0 aliphatic rings. The van der Waals surface area contributed by atoms with E-state index in [1.165, 1.54) is 11.8 Å². The van der Waals surface area contributed by atoms with E-state index in [-0.39, 0.29) is 11.2 Å². The molecule has 0 saturated heterocycles. The van der Waals surface area contributed by atoms with Crippen molar-refractivity contribution in [3.63, 3.8) is 0 Å². The SMILES string of the molecule is CC(C)C(SCc1cn2ccccc2n1)C(=O)O.